The van der Waals surface area contributed by atoms with E-state index in [1.165, 1.54) is 0 Å². The fraction of sp³-hybridized carbons (Fsp3) is 0.500. The van der Waals surface area contributed by atoms with Crippen molar-refractivity contribution in [2.75, 3.05) is 6.54 Å². The molecule has 0 bridgehead atoms. The van der Waals surface area contributed by atoms with Gasteiger partial charge in [0, 0.05) is 16.6 Å². The predicted octanol–water partition coefficient (Wildman–Crippen LogP) is 2.89. The Balaban J connectivity index is 2.55. The molecule has 0 spiro atoms. The first-order valence-electron chi connectivity index (χ1n) is 6.12. The highest BCUT2D eigenvalue weighted by molar-refractivity contribution is 9.10. The molecule has 0 aromatic heterocycles. The number of carbonyl (C=O) groups excluding carboxylic acids is 1. The van der Waals surface area contributed by atoms with Crippen LogP contribution in [-0.4, -0.2) is 23.7 Å². The average Bonchev–Trinajstić information content (AvgIpc) is 2.23. The molecular formula is C14H20BrNO2. The number of rotatable bonds is 5. The Bertz CT molecular complexity index is 398. The van der Waals surface area contributed by atoms with Crippen LogP contribution < -0.4 is 5.32 Å². The van der Waals surface area contributed by atoms with Crippen LogP contribution in [0.25, 0.3) is 0 Å². The summed E-state index contributed by atoms with van der Waals surface area (Å²) in [6.07, 6.45) is 0.364. The third kappa shape index (κ3) is 5.19. The Kier molecular flexibility index (Phi) is 5.82. The molecule has 0 fully saturated rings. The molecule has 18 heavy (non-hydrogen) atoms. The van der Waals surface area contributed by atoms with Crippen LogP contribution >= 0.6 is 15.9 Å². The van der Waals surface area contributed by atoms with Gasteiger partial charge in [0.2, 0.25) is 0 Å². The highest BCUT2D eigenvalue weighted by Crippen LogP contribution is 2.15. The number of benzene rings is 1. The number of nitrogens with one attached hydrogen (secondary N) is 1. The summed E-state index contributed by atoms with van der Waals surface area (Å²) in [6, 6.07) is 5.63. The zero-order chi connectivity index (χ0) is 13.7. The molecule has 0 aliphatic rings. The maximum absolute atomic E-state index is 11.9. The fourth-order valence-electron chi connectivity index (χ4n) is 1.90. The summed E-state index contributed by atoms with van der Waals surface area (Å²) in [5, 5.41) is 12.1. The highest BCUT2D eigenvalue weighted by Gasteiger charge is 2.10. The van der Waals surface area contributed by atoms with Crippen molar-refractivity contribution in [3.8, 4) is 0 Å². The second kappa shape index (κ2) is 6.90. The Morgan fingerprint density at radius 1 is 1.39 bits per heavy atom. The lowest BCUT2D eigenvalue weighted by Gasteiger charge is -2.14. The largest absolute Gasteiger partial charge is 0.393 e. The van der Waals surface area contributed by atoms with Crippen LogP contribution in [-0.2, 0) is 0 Å². The molecule has 1 amide bonds. The van der Waals surface area contributed by atoms with E-state index in [9.17, 15) is 9.90 Å². The molecule has 100 valence electrons. The van der Waals surface area contributed by atoms with Crippen LogP contribution in [0.2, 0.25) is 0 Å². The zero-order valence-corrected chi connectivity index (χ0v) is 12.6. The first kappa shape index (κ1) is 15.2. The van der Waals surface area contributed by atoms with E-state index in [0.29, 0.717) is 18.5 Å². The Morgan fingerprint density at radius 2 is 2.06 bits per heavy atom. The lowest BCUT2D eigenvalue weighted by Crippen LogP contribution is -2.29. The van der Waals surface area contributed by atoms with E-state index >= 15 is 0 Å². The molecule has 0 aliphatic carbocycles. The van der Waals surface area contributed by atoms with Crippen LogP contribution in [0.15, 0.2) is 22.7 Å². The van der Waals surface area contributed by atoms with Gasteiger partial charge in [-0.1, -0.05) is 22.9 Å². The summed E-state index contributed by atoms with van der Waals surface area (Å²) in [5.41, 5.74) is 1.71. The summed E-state index contributed by atoms with van der Waals surface area (Å²) >= 11 is 3.38. The molecule has 1 aromatic carbocycles. The van der Waals surface area contributed by atoms with E-state index in [1.807, 2.05) is 32.0 Å². The summed E-state index contributed by atoms with van der Waals surface area (Å²) in [6.45, 7) is 6.31. The van der Waals surface area contributed by atoms with Gasteiger partial charge in [0.05, 0.1) is 6.10 Å². The first-order valence-corrected chi connectivity index (χ1v) is 6.91. The molecule has 0 unspecified atom stereocenters. The zero-order valence-electron chi connectivity index (χ0n) is 11.0. The van der Waals surface area contributed by atoms with Crippen molar-refractivity contribution >= 4 is 21.8 Å². The van der Waals surface area contributed by atoms with Gasteiger partial charge in [-0.05, 0) is 49.9 Å². The molecule has 2 N–H and O–H groups in total. The van der Waals surface area contributed by atoms with Crippen molar-refractivity contribution in [2.45, 2.75) is 33.3 Å². The van der Waals surface area contributed by atoms with Gasteiger partial charge in [0.1, 0.15) is 0 Å². The van der Waals surface area contributed by atoms with E-state index in [1.54, 1.807) is 6.92 Å². The van der Waals surface area contributed by atoms with Crippen molar-refractivity contribution in [3.05, 3.63) is 33.8 Å². The Morgan fingerprint density at radius 3 is 2.61 bits per heavy atom. The Labute approximate surface area is 117 Å². The molecule has 0 radical (unpaired) electrons. The lowest BCUT2D eigenvalue weighted by molar-refractivity contribution is 0.0939. The SMILES string of the molecule is Cc1cc(Br)cc(C(=O)NC[C@H](C)C[C@@H](C)O)c1. The van der Waals surface area contributed by atoms with Crippen molar-refractivity contribution in [1.82, 2.24) is 5.32 Å². The van der Waals surface area contributed by atoms with Gasteiger partial charge >= 0.3 is 0 Å². The summed E-state index contributed by atoms with van der Waals surface area (Å²) in [7, 11) is 0. The van der Waals surface area contributed by atoms with Crippen LogP contribution in [0.5, 0.6) is 0 Å². The third-order valence-corrected chi connectivity index (χ3v) is 3.12. The van der Waals surface area contributed by atoms with Gasteiger partial charge in [-0.25, -0.2) is 0 Å². The first-order chi connectivity index (χ1) is 8.38. The van der Waals surface area contributed by atoms with E-state index in [2.05, 4.69) is 21.2 Å². The molecule has 1 aromatic rings. The fourth-order valence-corrected chi connectivity index (χ4v) is 2.51. The van der Waals surface area contributed by atoms with E-state index in [0.717, 1.165) is 10.0 Å². The smallest absolute Gasteiger partial charge is 0.251 e. The second-order valence-corrected chi connectivity index (χ2v) is 5.83. The van der Waals surface area contributed by atoms with E-state index in [-0.39, 0.29) is 17.9 Å². The lowest BCUT2D eigenvalue weighted by atomic mass is 10.0. The third-order valence-electron chi connectivity index (χ3n) is 2.66. The second-order valence-electron chi connectivity index (χ2n) is 4.92. The predicted molar refractivity (Wildman–Crippen MR) is 76.7 cm³/mol. The monoisotopic (exact) mass is 313 g/mol. The van der Waals surface area contributed by atoms with Gasteiger partial charge < -0.3 is 10.4 Å². The molecule has 0 saturated carbocycles. The van der Waals surface area contributed by atoms with E-state index in [4.69, 9.17) is 0 Å². The number of halogens is 1. The molecule has 2 atom stereocenters. The van der Waals surface area contributed by atoms with Crippen molar-refractivity contribution < 1.29 is 9.90 Å². The minimum atomic E-state index is -0.329. The molecule has 0 saturated heterocycles. The molecule has 4 heteroatoms. The number of aryl methyl sites for hydroxylation is 1. The molecule has 1 rings (SSSR count). The van der Waals surface area contributed by atoms with Gasteiger partial charge in [-0.2, -0.15) is 0 Å². The standard InChI is InChI=1S/C14H20BrNO2/c1-9-5-12(7-13(15)6-9)14(18)16-8-10(2)4-11(3)17/h5-7,10-11,17H,4,8H2,1-3H3,(H,16,18)/t10-,11-/m1/s1. The highest BCUT2D eigenvalue weighted by atomic mass is 79.9. The summed E-state index contributed by atoms with van der Waals surface area (Å²) in [5.74, 6) is 0.194. The number of carbonyl (C=O) groups is 1. The van der Waals surface area contributed by atoms with Crippen LogP contribution in [0.1, 0.15) is 36.2 Å². The Hall–Kier alpha value is -0.870. The number of amides is 1. The maximum atomic E-state index is 11.9. The molecule has 3 nitrogen and oxygen atoms in total. The minimum absolute atomic E-state index is 0.0724. The van der Waals surface area contributed by atoms with Crippen LogP contribution in [0, 0.1) is 12.8 Å². The number of hydrogen-bond acceptors (Lipinski definition) is 2. The van der Waals surface area contributed by atoms with Crippen molar-refractivity contribution in [1.29, 1.82) is 0 Å². The van der Waals surface area contributed by atoms with Crippen LogP contribution in [0.3, 0.4) is 0 Å². The summed E-state index contributed by atoms with van der Waals surface area (Å²) in [4.78, 5) is 11.9. The van der Waals surface area contributed by atoms with Gasteiger partial charge in [-0.3, -0.25) is 4.79 Å². The topological polar surface area (TPSA) is 49.3 Å². The average molecular weight is 314 g/mol. The van der Waals surface area contributed by atoms with Gasteiger partial charge in [0.15, 0.2) is 0 Å². The molecular weight excluding hydrogens is 294 g/mol. The number of hydrogen-bond donors (Lipinski definition) is 2. The molecule has 0 heterocycles. The van der Waals surface area contributed by atoms with Crippen molar-refractivity contribution in [3.63, 3.8) is 0 Å². The number of aliphatic hydroxyl groups is 1. The quantitative estimate of drug-likeness (QED) is 0.878. The maximum Gasteiger partial charge on any atom is 0.251 e. The van der Waals surface area contributed by atoms with Gasteiger partial charge in [0.25, 0.3) is 5.91 Å². The number of aliphatic hydroxyl groups excluding tert-OH is 1. The minimum Gasteiger partial charge on any atom is -0.393 e. The van der Waals surface area contributed by atoms with E-state index < -0.39 is 0 Å². The molecule has 0 aliphatic heterocycles. The van der Waals surface area contributed by atoms with Crippen LogP contribution in [0.4, 0.5) is 0 Å². The summed E-state index contributed by atoms with van der Waals surface area (Å²) < 4.78 is 0.907. The van der Waals surface area contributed by atoms with Crippen molar-refractivity contribution in [2.24, 2.45) is 5.92 Å². The van der Waals surface area contributed by atoms with Gasteiger partial charge in [-0.15, -0.1) is 0 Å². The normalized spacial score (nSPS) is 14.1.